The van der Waals surface area contributed by atoms with Gasteiger partial charge in [-0.1, -0.05) is 26.0 Å². The van der Waals surface area contributed by atoms with Crippen molar-refractivity contribution in [2.24, 2.45) is 0 Å². The summed E-state index contributed by atoms with van der Waals surface area (Å²) in [4.78, 5) is 4.49. The minimum atomic E-state index is -0.166. The summed E-state index contributed by atoms with van der Waals surface area (Å²) in [6.45, 7) is 7.78. The molecule has 0 aliphatic heterocycles. The van der Waals surface area contributed by atoms with Crippen LogP contribution in [-0.4, -0.2) is 16.1 Å². The van der Waals surface area contributed by atoms with Crippen molar-refractivity contribution in [1.82, 2.24) is 14.9 Å². The zero-order valence-electron chi connectivity index (χ0n) is 12.4. The van der Waals surface area contributed by atoms with E-state index in [1.807, 2.05) is 24.5 Å². The van der Waals surface area contributed by atoms with Gasteiger partial charge in [-0.3, -0.25) is 0 Å². The third-order valence-corrected chi connectivity index (χ3v) is 3.39. The summed E-state index contributed by atoms with van der Waals surface area (Å²) >= 11 is 0. The third kappa shape index (κ3) is 3.07. The number of benzene rings is 1. The zero-order chi connectivity index (χ0) is 14.5. The quantitative estimate of drug-likeness (QED) is 0.875. The van der Waals surface area contributed by atoms with Crippen LogP contribution in [0.5, 0.6) is 0 Å². The number of rotatable bonds is 6. The molecule has 3 nitrogen and oxygen atoms in total. The number of aryl methyl sites for hydroxylation is 2. The van der Waals surface area contributed by atoms with Crippen LogP contribution in [0.25, 0.3) is 0 Å². The summed E-state index contributed by atoms with van der Waals surface area (Å²) < 4.78 is 15.6. The fourth-order valence-corrected chi connectivity index (χ4v) is 2.42. The van der Waals surface area contributed by atoms with Crippen LogP contribution in [0.15, 0.2) is 30.6 Å². The van der Waals surface area contributed by atoms with Gasteiger partial charge >= 0.3 is 0 Å². The van der Waals surface area contributed by atoms with Gasteiger partial charge in [-0.15, -0.1) is 0 Å². The molecular formula is C16H22FN3. The fourth-order valence-electron chi connectivity index (χ4n) is 2.42. The summed E-state index contributed by atoms with van der Waals surface area (Å²) in [5.74, 6) is 0.820. The first-order valence-corrected chi connectivity index (χ1v) is 7.17. The lowest BCUT2D eigenvalue weighted by Crippen LogP contribution is -2.25. The Hall–Kier alpha value is -1.68. The average molecular weight is 275 g/mol. The van der Waals surface area contributed by atoms with Crippen molar-refractivity contribution < 1.29 is 4.39 Å². The largest absolute Gasteiger partial charge is 0.333 e. The Labute approximate surface area is 119 Å². The van der Waals surface area contributed by atoms with E-state index in [0.717, 1.165) is 30.9 Å². The molecule has 1 heterocycles. The molecule has 0 bridgehead atoms. The molecule has 0 saturated heterocycles. The van der Waals surface area contributed by atoms with Crippen molar-refractivity contribution in [2.75, 3.05) is 6.54 Å². The molecule has 1 N–H and O–H groups in total. The molecule has 0 aliphatic carbocycles. The average Bonchev–Trinajstić information content (AvgIpc) is 2.88. The number of nitrogens with zero attached hydrogens (tertiary/aromatic N) is 2. The van der Waals surface area contributed by atoms with E-state index in [2.05, 4.69) is 28.7 Å². The van der Waals surface area contributed by atoms with Crippen LogP contribution >= 0.6 is 0 Å². The summed E-state index contributed by atoms with van der Waals surface area (Å²) in [6, 6.07) is 5.26. The maximum atomic E-state index is 13.4. The van der Waals surface area contributed by atoms with E-state index in [9.17, 15) is 4.39 Å². The van der Waals surface area contributed by atoms with Crippen LogP contribution in [0.3, 0.4) is 0 Å². The minimum absolute atomic E-state index is 0.000787. The van der Waals surface area contributed by atoms with Crippen LogP contribution in [0.2, 0.25) is 0 Å². The van der Waals surface area contributed by atoms with Gasteiger partial charge in [-0.05, 0) is 37.1 Å². The Morgan fingerprint density at radius 3 is 2.80 bits per heavy atom. The van der Waals surface area contributed by atoms with Crippen LogP contribution in [0.1, 0.15) is 43.3 Å². The van der Waals surface area contributed by atoms with Gasteiger partial charge in [0.25, 0.3) is 0 Å². The van der Waals surface area contributed by atoms with Crippen molar-refractivity contribution in [2.45, 2.75) is 39.8 Å². The maximum Gasteiger partial charge on any atom is 0.130 e. The molecule has 0 radical (unpaired) electrons. The zero-order valence-corrected chi connectivity index (χ0v) is 12.4. The number of nitrogens with one attached hydrogen (secondary N) is 1. The van der Waals surface area contributed by atoms with Crippen LogP contribution in [0.4, 0.5) is 4.39 Å². The van der Waals surface area contributed by atoms with Gasteiger partial charge in [-0.25, -0.2) is 9.37 Å². The molecule has 0 aliphatic rings. The molecule has 2 rings (SSSR count). The molecule has 0 spiro atoms. The van der Waals surface area contributed by atoms with Crippen LogP contribution < -0.4 is 5.32 Å². The maximum absolute atomic E-state index is 13.4. The Morgan fingerprint density at radius 2 is 2.15 bits per heavy atom. The van der Waals surface area contributed by atoms with E-state index in [1.165, 1.54) is 6.07 Å². The molecule has 0 saturated carbocycles. The van der Waals surface area contributed by atoms with Gasteiger partial charge in [0.2, 0.25) is 0 Å². The predicted molar refractivity (Wildman–Crippen MR) is 79.2 cm³/mol. The molecule has 108 valence electrons. The molecule has 2 aromatic rings. The van der Waals surface area contributed by atoms with Crippen molar-refractivity contribution in [3.63, 3.8) is 0 Å². The Balaban J connectivity index is 2.39. The Morgan fingerprint density at radius 1 is 1.35 bits per heavy atom. The lowest BCUT2D eigenvalue weighted by atomic mass is 10.0. The molecule has 0 amide bonds. The van der Waals surface area contributed by atoms with Gasteiger partial charge in [0.1, 0.15) is 11.6 Å². The lowest BCUT2D eigenvalue weighted by Gasteiger charge is -2.20. The highest BCUT2D eigenvalue weighted by Crippen LogP contribution is 2.23. The Bertz CT molecular complexity index is 563. The highest BCUT2D eigenvalue weighted by Gasteiger charge is 2.18. The first kappa shape index (κ1) is 14.7. The standard InChI is InChI=1S/C16H22FN3/c1-4-9-20-10-8-19-16(20)15(18-5-2)13-6-7-14(17)12(3)11-13/h6-8,10-11,15,18H,4-5,9H2,1-3H3. The van der Waals surface area contributed by atoms with Gasteiger partial charge in [0, 0.05) is 18.9 Å². The number of halogens is 1. The second kappa shape index (κ2) is 6.66. The lowest BCUT2D eigenvalue weighted by molar-refractivity contribution is 0.542. The number of imidazole rings is 1. The molecule has 20 heavy (non-hydrogen) atoms. The summed E-state index contributed by atoms with van der Waals surface area (Å²) in [6.07, 6.45) is 4.88. The predicted octanol–water partition coefficient (Wildman–Crippen LogP) is 3.44. The normalized spacial score (nSPS) is 12.6. The van der Waals surface area contributed by atoms with Crippen molar-refractivity contribution in [3.8, 4) is 0 Å². The van der Waals surface area contributed by atoms with E-state index in [-0.39, 0.29) is 11.9 Å². The van der Waals surface area contributed by atoms with E-state index in [1.54, 1.807) is 6.92 Å². The molecule has 1 unspecified atom stereocenters. The number of hydrogen-bond acceptors (Lipinski definition) is 2. The molecule has 4 heteroatoms. The van der Waals surface area contributed by atoms with Crippen molar-refractivity contribution in [3.05, 3.63) is 53.4 Å². The van der Waals surface area contributed by atoms with Crippen LogP contribution in [0, 0.1) is 12.7 Å². The molecule has 0 fully saturated rings. The third-order valence-electron chi connectivity index (χ3n) is 3.39. The van der Waals surface area contributed by atoms with E-state index < -0.39 is 0 Å². The van der Waals surface area contributed by atoms with Gasteiger partial charge in [0.15, 0.2) is 0 Å². The minimum Gasteiger partial charge on any atom is -0.333 e. The van der Waals surface area contributed by atoms with Crippen molar-refractivity contribution >= 4 is 0 Å². The SMILES string of the molecule is CCCn1ccnc1C(NCC)c1ccc(F)c(C)c1. The smallest absolute Gasteiger partial charge is 0.130 e. The molecule has 1 aromatic carbocycles. The highest BCUT2D eigenvalue weighted by atomic mass is 19.1. The summed E-state index contributed by atoms with van der Waals surface area (Å²) in [7, 11) is 0. The first-order valence-electron chi connectivity index (χ1n) is 7.17. The second-order valence-corrected chi connectivity index (χ2v) is 4.98. The van der Waals surface area contributed by atoms with E-state index in [0.29, 0.717) is 5.56 Å². The summed E-state index contributed by atoms with van der Waals surface area (Å²) in [5, 5.41) is 3.44. The van der Waals surface area contributed by atoms with E-state index in [4.69, 9.17) is 0 Å². The molecule has 1 aromatic heterocycles. The first-order chi connectivity index (χ1) is 9.67. The highest BCUT2D eigenvalue weighted by molar-refractivity contribution is 5.30. The Kier molecular flexibility index (Phi) is 4.90. The summed E-state index contributed by atoms with van der Waals surface area (Å²) in [5.41, 5.74) is 1.72. The molecular weight excluding hydrogens is 253 g/mol. The number of aromatic nitrogens is 2. The van der Waals surface area contributed by atoms with E-state index >= 15 is 0 Å². The van der Waals surface area contributed by atoms with Crippen LogP contribution in [-0.2, 0) is 6.54 Å². The monoisotopic (exact) mass is 275 g/mol. The second-order valence-electron chi connectivity index (χ2n) is 4.98. The van der Waals surface area contributed by atoms with Gasteiger partial charge in [-0.2, -0.15) is 0 Å². The van der Waals surface area contributed by atoms with Crippen molar-refractivity contribution in [1.29, 1.82) is 0 Å². The fraction of sp³-hybridized carbons (Fsp3) is 0.438. The van der Waals surface area contributed by atoms with Gasteiger partial charge < -0.3 is 9.88 Å². The molecule has 1 atom stereocenters. The number of hydrogen-bond donors (Lipinski definition) is 1. The topological polar surface area (TPSA) is 29.9 Å². The van der Waals surface area contributed by atoms with Gasteiger partial charge in [0.05, 0.1) is 6.04 Å².